The third kappa shape index (κ3) is 5.34. The van der Waals surface area contributed by atoms with Crippen LogP contribution in [0.4, 0.5) is 9.80 Å². The van der Waals surface area contributed by atoms with Crippen molar-refractivity contribution in [2.45, 2.75) is 25.2 Å². The lowest BCUT2D eigenvalue weighted by atomic mass is 10.1. The molecule has 2 aromatic rings. The van der Waals surface area contributed by atoms with Crippen molar-refractivity contribution in [2.24, 2.45) is 0 Å². The Hall–Kier alpha value is -2.32. The topological polar surface area (TPSA) is 84.5 Å². The number of hydrogen-bond donors (Lipinski definition) is 2. The average molecular weight is 393 g/mol. The van der Waals surface area contributed by atoms with Gasteiger partial charge in [0.25, 0.3) is 5.91 Å². The number of carbonyl (C=O) groups excluding carboxylic acids is 3. The first-order chi connectivity index (χ1) is 12.4. The first kappa shape index (κ1) is 20.0. The van der Waals surface area contributed by atoms with Gasteiger partial charge < -0.3 is 10.1 Å². The number of alkyl carbamates (subject to hydrolysis) is 1. The normalized spacial score (nSPS) is 10.3. The van der Waals surface area contributed by atoms with E-state index >= 15 is 0 Å². The summed E-state index contributed by atoms with van der Waals surface area (Å²) in [5.74, 6) is -0.141. The van der Waals surface area contributed by atoms with Gasteiger partial charge in [0.2, 0.25) is 5.91 Å². The summed E-state index contributed by atoms with van der Waals surface area (Å²) in [6.45, 7) is 3.63. The SMILES string of the molecule is COC(=O)NC(=O)c1c(NC(=O)CCSc2ccccc2)sc(C)c1C. The van der Waals surface area contributed by atoms with E-state index in [1.165, 1.54) is 18.4 Å². The van der Waals surface area contributed by atoms with E-state index in [1.54, 1.807) is 18.7 Å². The molecule has 8 heteroatoms. The minimum atomic E-state index is -0.838. The molecule has 0 unspecified atom stereocenters. The molecule has 6 nitrogen and oxygen atoms in total. The van der Waals surface area contributed by atoms with Crippen molar-refractivity contribution in [2.75, 3.05) is 18.2 Å². The molecule has 0 aliphatic carbocycles. The molecule has 0 fully saturated rings. The molecule has 2 rings (SSSR count). The van der Waals surface area contributed by atoms with Gasteiger partial charge in [0.1, 0.15) is 5.00 Å². The van der Waals surface area contributed by atoms with E-state index in [0.29, 0.717) is 22.7 Å². The second-order valence-corrected chi connectivity index (χ2v) is 7.79. The smallest absolute Gasteiger partial charge is 0.413 e. The van der Waals surface area contributed by atoms with Crippen molar-refractivity contribution in [3.8, 4) is 0 Å². The summed E-state index contributed by atoms with van der Waals surface area (Å²) in [5, 5.41) is 5.35. The number of aryl methyl sites for hydroxylation is 1. The summed E-state index contributed by atoms with van der Waals surface area (Å²) >= 11 is 2.90. The zero-order valence-electron chi connectivity index (χ0n) is 14.8. The Labute approximate surface area is 160 Å². The molecule has 0 radical (unpaired) electrons. The average Bonchev–Trinajstić information content (AvgIpc) is 2.89. The molecule has 0 atom stereocenters. The number of thioether (sulfide) groups is 1. The van der Waals surface area contributed by atoms with Crippen molar-refractivity contribution >= 4 is 46.0 Å². The predicted octanol–water partition coefficient (Wildman–Crippen LogP) is 3.98. The van der Waals surface area contributed by atoms with Crippen LogP contribution < -0.4 is 10.6 Å². The number of carbonyl (C=O) groups is 3. The van der Waals surface area contributed by atoms with Gasteiger partial charge in [0.05, 0.1) is 12.7 Å². The van der Waals surface area contributed by atoms with Gasteiger partial charge in [-0.15, -0.1) is 23.1 Å². The van der Waals surface area contributed by atoms with Crippen LogP contribution in [0.25, 0.3) is 0 Å². The van der Waals surface area contributed by atoms with Crippen LogP contribution in [0.3, 0.4) is 0 Å². The molecule has 0 saturated heterocycles. The molecule has 0 aliphatic heterocycles. The summed E-state index contributed by atoms with van der Waals surface area (Å²) in [5.41, 5.74) is 1.02. The highest BCUT2D eigenvalue weighted by Crippen LogP contribution is 2.32. The number of hydrogen-bond acceptors (Lipinski definition) is 6. The Kier molecular flexibility index (Phi) is 7.23. The monoisotopic (exact) mass is 392 g/mol. The van der Waals surface area contributed by atoms with E-state index in [0.717, 1.165) is 15.3 Å². The lowest BCUT2D eigenvalue weighted by Crippen LogP contribution is -2.31. The first-order valence-corrected chi connectivity index (χ1v) is 9.69. The summed E-state index contributed by atoms with van der Waals surface area (Å²) in [7, 11) is 1.18. The lowest BCUT2D eigenvalue weighted by molar-refractivity contribution is -0.115. The fourth-order valence-electron chi connectivity index (χ4n) is 2.16. The minimum Gasteiger partial charge on any atom is -0.453 e. The Balaban J connectivity index is 1.99. The van der Waals surface area contributed by atoms with Crippen LogP contribution >= 0.6 is 23.1 Å². The van der Waals surface area contributed by atoms with E-state index < -0.39 is 12.0 Å². The number of nitrogens with one attached hydrogen (secondary N) is 2. The van der Waals surface area contributed by atoms with E-state index in [-0.39, 0.29) is 5.91 Å². The highest BCUT2D eigenvalue weighted by atomic mass is 32.2. The highest BCUT2D eigenvalue weighted by Gasteiger charge is 2.22. The van der Waals surface area contributed by atoms with Crippen LogP contribution in [-0.2, 0) is 9.53 Å². The van der Waals surface area contributed by atoms with Crippen LogP contribution in [0.15, 0.2) is 35.2 Å². The zero-order chi connectivity index (χ0) is 19.1. The van der Waals surface area contributed by atoms with Crippen molar-refractivity contribution in [1.29, 1.82) is 0 Å². The molecule has 0 spiro atoms. The molecule has 1 aromatic carbocycles. The molecule has 138 valence electrons. The molecule has 2 N–H and O–H groups in total. The van der Waals surface area contributed by atoms with Gasteiger partial charge in [-0.1, -0.05) is 18.2 Å². The van der Waals surface area contributed by atoms with Gasteiger partial charge in [-0.3, -0.25) is 14.9 Å². The van der Waals surface area contributed by atoms with Crippen LogP contribution in [-0.4, -0.2) is 30.8 Å². The maximum Gasteiger partial charge on any atom is 0.413 e. The molecular weight excluding hydrogens is 372 g/mol. The Bertz CT molecular complexity index is 803. The zero-order valence-corrected chi connectivity index (χ0v) is 16.4. The maximum absolute atomic E-state index is 12.3. The van der Waals surface area contributed by atoms with Gasteiger partial charge in [0, 0.05) is 21.9 Å². The molecule has 0 aliphatic rings. The van der Waals surface area contributed by atoms with E-state index in [4.69, 9.17) is 0 Å². The number of amides is 3. The van der Waals surface area contributed by atoms with E-state index in [1.807, 2.05) is 37.3 Å². The number of ether oxygens (including phenoxy) is 1. The molecule has 3 amide bonds. The van der Waals surface area contributed by atoms with Gasteiger partial charge >= 0.3 is 6.09 Å². The van der Waals surface area contributed by atoms with Gasteiger partial charge in [-0.05, 0) is 31.5 Å². The standard InChI is InChI=1S/C18H20N2O4S2/c1-11-12(2)26-17(15(11)16(22)20-18(23)24-3)19-14(21)9-10-25-13-7-5-4-6-8-13/h4-8H,9-10H2,1-3H3,(H,19,21)(H,20,22,23). The van der Waals surface area contributed by atoms with Crippen LogP contribution in [0.1, 0.15) is 27.2 Å². The Morgan fingerprint density at radius 2 is 1.85 bits per heavy atom. The molecular formula is C18H20N2O4S2. The van der Waals surface area contributed by atoms with Gasteiger partial charge in [-0.25, -0.2) is 4.79 Å². The van der Waals surface area contributed by atoms with Crippen LogP contribution in [0.5, 0.6) is 0 Å². The number of benzene rings is 1. The van der Waals surface area contributed by atoms with E-state index in [2.05, 4.69) is 15.4 Å². The summed E-state index contributed by atoms with van der Waals surface area (Å²) in [6, 6.07) is 9.82. The third-order valence-electron chi connectivity index (χ3n) is 3.61. The maximum atomic E-state index is 12.3. The number of imide groups is 1. The second kappa shape index (κ2) is 9.40. The molecule has 1 aromatic heterocycles. The summed E-state index contributed by atoms with van der Waals surface area (Å²) in [4.78, 5) is 37.8. The largest absolute Gasteiger partial charge is 0.453 e. The molecule has 0 bridgehead atoms. The molecule has 1 heterocycles. The number of anilines is 1. The fourth-order valence-corrected chi connectivity index (χ4v) is 4.11. The Morgan fingerprint density at radius 3 is 2.50 bits per heavy atom. The van der Waals surface area contributed by atoms with Crippen molar-refractivity contribution in [3.63, 3.8) is 0 Å². The summed E-state index contributed by atoms with van der Waals surface area (Å²) in [6.07, 6.45) is -0.525. The van der Waals surface area contributed by atoms with Crippen LogP contribution in [0, 0.1) is 13.8 Å². The van der Waals surface area contributed by atoms with Crippen molar-refractivity contribution in [1.82, 2.24) is 5.32 Å². The minimum absolute atomic E-state index is 0.179. The van der Waals surface area contributed by atoms with Crippen LogP contribution in [0.2, 0.25) is 0 Å². The van der Waals surface area contributed by atoms with E-state index in [9.17, 15) is 14.4 Å². The number of rotatable bonds is 6. The van der Waals surface area contributed by atoms with Crippen molar-refractivity contribution < 1.29 is 19.1 Å². The third-order valence-corrected chi connectivity index (χ3v) is 5.74. The summed E-state index contributed by atoms with van der Waals surface area (Å²) < 4.78 is 4.45. The Morgan fingerprint density at radius 1 is 1.15 bits per heavy atom. The van der Waals surface area contributed by atoms with Crippen molar-refractivity contribution in [3.05, 3.63) is 46.3 Å². The quantitative estimate of drug-likeness (QED) is 0.727. The molecule has 26 heavy (non-hydrogen) atoms. The first-order valence-electron chi connectivity index (χ1n) is 7.89. The second-order valence-electron chi connectivity index (χ2n) is 5.39. The van der Waals surface area contributed by atoms with Gasteiger partial charge in [0.15, 0.2) is 0 Å². The molecule has 0 saturated carbocycles. The fraction of sp³-hybridized carbons (Fsp3) is 0.278. The highest BCUT2D eigenvalue weighted by molar-refractivity contribution is 7.99. The lowest BCUT2D eigenvalue weighted by Gasteiger charge is -2.07. The van der Waals surface area contributed by atoms with Gasteiger partial charge in [-0.2, -0.15) is 0 Å². The number of thiophene rings is 1. The number of methoxy groups -OCH3 is 1. The predicted molar refractivity (Wildman–Crippen MR) is 104 cm³/mol.